The third-order valence-electron chi connectivity index (χ3n) is 3.15. The Morgan fingerprint density at radius 3 is 2.32 bits per heavy atom. The Morgan fingerprint density at radius 2 is 1.72 bits per heavy atom. The van der Waals surface area contributed by atoms with E-state index in [9.17, 15) is 19.2 Å². The molecule has 1 heterocycles. The van der Waals surface area contributed by atoms with Crippen molar-refractivity contribution in [1.29, 1.82) is 0 Å². The molecule has 0 radical (unpaired) electrons. The van der Waals surface area contributed by atoms with Crippen molar-refractivity contribution >= 4 is 29.4 Å². The number of carbonyl (C=O) groups is 4. The Bertz CT molecular complexity index is 799. The first-order valence-electron chi connectivity index (χ1n) is 7.08. The fraction of sp³-hybridized carbons (Fsp3) is 0.125. The standard InChI is InChI=1S/C16H14N2O7/c19-13(20)8-11(16(23)24)18-14(21)9-4-1-2-5-10(9)17-15(22)12-6-3-7-25-12/h1-7,11H,8H2,(H,17,22)(H,18,21)(H,19,20)(H,23,24). The fourth-order valence-corrected chi connectivity index (χ4v) is 1.99. The largest absolute Gasteiger partial charge is 0.481 e. The van der Waals surface area contributed by atoms with E-state index >= 15 is 0 Å². The predicted octanol–water partition coefficient (Wildman–Crippen LogP) is 1.19. The van der Waals surface area contributed by atoms with Crippen LogP contribution >= 0.6 is 0 Å². The maximum atomic E-state index is 12.3. The first-order valence-corrected chi connectivity index (χ1v) is 7.08. The molecule has 1 aromatic carbocycles. The van der Waals surface area contributed by atoms with Crippen molar-refractivity contribution in [2.45, 2.75) is 12.5 Å². The van der Waals surface area contributed by atoms with E-state index in [1.807, 2.05) is 0 Å². The van der Waals surface area contributed by atoms with Gasteiger partial charge in [0.25, 0.3) is 11.8 Å². The summed E-state index contributed by atoms with van der Waals surface area (Å²) in [5, 5.41) is 22.3. The van der Waals surface area contributed by atoms with E-state index in [1.54, 1.807) is 6.07 Å². The SMILES string of the molecule is O=C(O)CC(NC(=O)c1ccccc1NC(=O)c1ccco1)C(=O)O. The van der Waals surface area contributed by atoms with E-state index in [0.29, 0.717) is 0 Å². The number of hydrogen-bond donors (Lipinski definition) is 4. The predicted molar refractivity (Wildman–Crippen MR) is 84.2 cm³/mol. The van der Waals surface area contributed by atoms with Gasteiger partial charge in [0.2, 0.25) is 0 Å². The summed E-state index contributed by atoms with van der Waals surface area (Å²) in [5.74, 6) is -4.24. The van der Waals surface area contributed by atoms with Gasteiger partial charge in [-0.2, -0.15) is 0 Å². The lowest BCUT2D eigenvalue weighted by Crippen LogP contribution is -2.42. The maximum absolute atomic E-state index is 12.3. The number of para-hydroxylation sites is 1. The molecule has 4 N–H and O–H groups in total. The summed E-state index contributed by atoms with van der Waals surface area (Å²) in [6.07, 6.45) is 0.541. The first-order chi connectivity index (χ1) is 11.9. The van der Waals surface area contributed by atoms with Crippen molar-refractivity contribution in [3.05, 3.63) is 54.0 Å². The third kappa shape index (κ3) is 4.67. The molecule has 2 rings (SSSR count). The first kappa shape index (κ1) is 17.7. The summed E-state index contributed by atoms with van der Waals surface area (Å²) in [5.41, 5.74) is 0.111. The monoisotopic (exact) mass is 346 g/mol. The Morgan fingerprint density at radius 1 is 1.00 bits per heavy atom. The number of carbonyl (C=O) groups excluding carboxylic acids is 2. The van der Waals surface area contributed by atoms with Gasteiger partial charge >= 0.3 is 11.9 Å². The number of benzene rings is 1. The molecule has 9 heteroatoms. The minimum Gasteiger partial charge on any atom is -0.481 e. The van der Waals surface area contributed by atoms with Crippen LogP contribution < -0.4 is 10.6 Å². The highest BCUT2D eigenvalue weighted by Crippen LogP contribution is 2.17. The van der Waals surface area contributed by atoms with Crippen molar-refractivity contribution in [1.82, 2.24) is 5.32 Å². The van der Waals surface area contributed by atoms with Crippen LogP contribution in [0.4, 0.5) is 5.69 Å². The molecule has 1 aromatic heterocycles. The molecule has 0 bridgehead atoms. The average Bonchev–Trinajstić information content (AvgIpc) is 3.08. The molecule has 130 valence electrons. The summed E-state index contributed by atoms with van der Waals surface area (Å²) in [4.78, 5) is 46.1. The van der Waals surface area contributed by atoms with Gasteiger partial charge in [-0.05, 0) is 24.3 Å². The number of carboxylic acids is 2. The second kappa shape index (κ2) is 7.77. The van der Waals surface area contributed by atoms with Crippen LogP contribution in [0.2, 0.25) is 0 Å². The van der Waals surface area contributed by atoms with E-state index in [2.05, 4.69) is 10.6 Å². The van der Waals surface area contributed by atoms with E-state index in [0.717, 1.165) is 0 Å². The molecular formula is C16H14N2O7. The summed E-state index contributed by atoms with van der Waals surface area (Å²) < 4.78 is 4.95. The number of aliphatic carboxylic acids is 2. The lowest BCUT2D eigenvalue weighted by Gasteiger charge is -2.14. The van der Waals surface area contributed by atoms with Gasteiger partial charge in [-0.1, -0.05) is 12.1 Å². The van der Waals surface area contributed by atoms with Crippen molar-refractivity contribution in [2.75, 3.05) is 5.32 Å². The molecule has 2 aromatic rings. The number of hydrogen-bond acceptors (Lipinski definition) is 5. The van der Waals surface area contributed by atoms with Crippen LogP contribution in [0.1, 0.15) is 27.3 Å². The van der Waals surface area contributed by atoms with Gasteiger partial charge in [0.05, 0.1) is 23.9 Å². The zero-order valence-corrected chi connectivity index (χ0v) is 12.8. The zero-order chi connectivity index (χ0) is 18.4. The van der Waals surface area contributed by atoms with Gasteiger partial charge in [-0.25, -0.2) is 4.79 Å². The van der Waals surface area contributed by atoms with Gasteiger partial charge in [0, 0.05) is 0 Å². The fourth-order valence-electron chi connectivity index (χ4n) is 1.99. The molecule has 1 unspecified atom stereocenters. The molecule has 2 amide bonds. The van der Waals surface area contributed by atoms with Crippen LogP contribution in [0.3, 0.4) is 0 Å². The number of nitrogens with one attached hydrogen (secondary N) is 2. The van der Waals surface area contributed by atoms with E-state index in [-0.39, 0.29) is 17.0 Å². The van der Waals surface area contributed by atoms with Crippen LogP contribution in [-0.2, 0) is 9.59 Å². The Balaban J connectivity index is 2.18. The molecule has 0 saturated carbocycles. The normalized spacial score (nSPS) is 11.4. The summed E-state index contributed by atoms with van der Waals surface area (Å²) in [6, 6.07) is 7.27. The van der Waals surface area contributed by atoms with Crippen LogP contribution in [0.15, 0.2) is 47.1 Å². The minimum atomic E-state index is -1.60. The van der Waals surface area contributed by atoms with Crippen LogP contribution in [0.25, 0.3) is 0 Å². The molecule has 0 aliphatic rings. The smallest absolute Gasteiger partial charge is 0.326 e. The molecular weight excluding hydrogens is 332 g/mol. The van der Waals surface area contributed by atoms with Gasteiger partial charge in [0.1, 0.15) is 6.04 Å². The molecule has 0 saturated heterocycles. The quantitative estimate of drug-likeness (QED) is 0.589. The highest BCUT2D eigenvalue weighted by atomic mass is 16.4. The van der Waals surface area contributed by atoms with Crippen molar-refractivity contribution in [2.24, 2.45) is 0 Å². The third-order valence-corrected chi connectivity index (χ3v) is 3.15. The molecule has 1 atom stereocenters. The average molecular weight is 346 g/mol. The van der Waals surface area contributed by atoms with Gasteiger partial charge in [0.15, 0.2) is 5.76 Å². The Kier molecular flexibility index (Phi) is 5.51. The van der Waals surface area contributed by atoms with Crippen molar-refractivity contribution < 1.29 is 33.8 Å². The summed E-state index contributed by atoms with van der Waals surface area (Å²) >= 11 is 0. The minimum absolute atomic E-state index is 0.0148. The lowest BCUT2D eigenvalue weighted by molar-refractivity contribution is -0.145. The number of rotatable bonds is 7. The highest BCUT2D eigenvalue weighted by Gasteiger charge is 2.25. The maximum Gasteiger partial charge on any atom is 0.326 e. The van der Waals surface area contributed by atoms with Crippen LogP contribution in [0, 0.1) is 0 Å². The molecule has 0 fully saturated rings. The van der Waals surface area contributed by atoms with E-state index in [4.69, 9.17) is 14.6 Å². The van der Waals surface area contributed by atoms with Gasteiger partial charge in [-0.15, -0.1) is 0 Å². The molecule has 25 heavy (non-hydrogen) atoms. The second-order valence-corrected chi connectivity index (χ2v) is 4.94. The van der Waals surface area contributed by atoms with Crippen LogP contribution in [-0.4, -0.2) is 40.0 Å². The number of carboxylic acid groups (broad SMARTS) is 2. The van der Waals surface area contributed by atoms with Gasteiger partial charge in [-0.3, -0.25) is 14.4 Å². The zero-order valence-electron chi connectivity index (χ0n) is 12.8. The summed E-state index contributed by atoms with van der Waals surface area (Å²) in [6.45, 7) is 0. The Hall–Kier alpha value is -3.62. The topological polar surface area (TPSA) is 146 Å². The van der Waals surface area contributed by atoms with Crippen LogP contribution in [0.5, 0.6) is 0 Å². The molecule has 0 aliphatic carbocycles. The number of amides is 2. The number of anilines is 1. The van der Waals surface area contributed by atoms with Crippen molar-refractivity contribution in [3.63, 3.8) is 0 Å². The molecule has 9 nitrogen and oxygen atoms in total. The number of furan rings is 1. The van der Waals surface area contributed by atoms with E-state index < -0.39 is 36.2 Å². The molecule has 0 aliphatic heterocycles. The highest BCUT2D eigenvalue weighted by molar-refractivity contribution is 6.08. The Labute approximate surface area is 141 Å². The van der Waals surface area contributed by atoms with Gasteiger partial charge < -0.3 is 25.3 Å². The lowest BCUT2D eigenvalue weighted by atomic mass is 10.1. The van der Waals surface area contributed by atoms with E-state index in [1.165, 1.54) is 36.6 Å². The molecule has 0 spiro atoms. The summed E-state index contributed by atoms with van der Waals surface area (Å²) in [7, 11) is 0. The van der Waals surface area contributed by atoms with Crippen molar-refractivity contribution in [3.8, 4) is 0 Å². The second-order valence-electron chi connectivity index (χ2n) is 4.94.